The molecule has 2 heterocycles. The number of hydrogen-bond acceptors (Lipinski definition) is 6. The summed E-state index contributed by atoms with van der Waals surface area (Å²) >= 11 is 0. The summed E-state index contributed by atoms with van der Waals surface area (Å²) in [7, 11) is 0. The molecular formula is C25H42N6O. The molecule has 178 valence electrons. The highest BCUT2D eigenvalue weighted by Crippen LogP contribution is 2.16. The van der Waals surface area contributed by atoms with E-state index in [1.807, 2.05) is 62.5 Å². The third-order valence-electron chi connectivity index (χ3n) is 4.59. The number of carbonyl (C=O) groups is 1. The molecule has 0 radical (unpaired) electrons. The van der Waals surface area contributed by atoms with E-state index in [2.05, 4.69) is 32.0 Å². The molecule has 7 heteroatoms. The summed E-state index contributed by atoms with van der Waals surface area (Å²) in [5.41, 5.74) is 9.35. The summed E-state index contributed by atoms with van der Waals surface area (Å²) in [4.78, 5) is 20.2. The Morgan fingerprint density at radius 2 is 1.72 bits per heavy atom. The molecule has 1 aromatic carbocycles. The van der Waals surface area contributed by atoms with Gasteiger partial charge < -0.3 is 21.7 Å². The second kappa shape index (κ2) is 14.5. The first-order valence-electron chi connectivity index (χ1n) is 11.0. The SMILES string of the molecule is CCNC(=O)c1cnc(N)c(NCCCNCCc2ccc(C)nc2)c1.[HH].[HH].[HH].[HH].c1ccccc1. The van der Waals surface area contributed by atoms with Crippen LogP contribution in [0.3, 0.4) is 0 Å². The first-order valence-corrected chi connectivity index (χ1v) is 11.0. The van der Waals surface area contributed by atoms with E-state index in [-0.39, 0.29) is 11.6 Å². The van der Waals surface area contributed by atoms with Gasteiger partial charge in [-0.3, -0.25) is 9.78 Å². The monoisotopic (exact) mass is 442 g/mol. The Bertz CT molecular complexity index is 907. The van der Waals surface area contributed by atoms with E-state index in [0.717, 1.165) is 38.2 Å². The largest absolute Gasteiger partial charge is 0.382 e. The number of nitrogens with one attached hydrogen (secondary N) is 3. The zero-order valence-electron chi connectivity index (χ0n) is 19.0. The molecule has 0 atom stereocenters. The summed E-state index contributed by atoms with van der Waals surface area (Å²) in [6.45, 7) is 7.02. The van der Waals surface area contributed by atoms with Crippen molar-refractivity contribution < 1.29 is 10.5 Å². The summed E-state index contributed by atoms with van der Waals surface area (Å²) in [6.07, 6.45) is 5.33. The van der Waals surface area contributed by atoms with Gasteiger partial charge in [0, 0.05) is 36.9 Å². The number of amides is 1. The second-order valence-corrected chi connectivity index (χ2v) is 7.26. The normalized spacial score (nSPS) is 10.1. The highest BCUT2D eigenvalue weighted by atomic mass is 16.1. The van der Waals surface area contributed by atoms with Crippen LogP contribution < -0.4 is 21.7 Å². The zero-order chi connectivity index (χ0) is 23.0. The fourth-order valence-electron chi connectivity index (χ4n) is 2.83. The summed E-state index contributed by atoms with van der Waals surface area (Å²) in [6, 6.07) is 17.9. The number of rotatable bonds is 10. The molecule has 2 aromatic heterocycles. The Morgan fingerprint density at radius 3 is 2.34 bits per heavy atom. The lowest BCUT2D eigenvalue weighted by Gasteiger charge is -2.11. The van der Waals surface area contributed by atoms with Crippen molar-refractivity contribution in [1.29, 1.82) is 0 Å². The van der Waals surface area contributed by atoms with E-state index in [0.29, 0.717) is 23.6 Å². The van der Waals surface area contributed by atoms with Crippen molar-refractivity contribution in [2.24, 2.45) is 0 Å². The van der Waals surface area contributed by atoms with Crippen molar-refractivity contribution in [2.75, 3.05) is 37.2 Å². The minimum Gasteiger partial charge on any atom is -0.382 e. The molecule has 5 N–H and O–H groups in total. The highest BCUT2D eigenvalue weighted by molar-refractivity contribution is 5.95. The van der Waals surface area contributed by atoms with Crippen LogP contribution >= 0.6 is 0 Å². The number of nitrogen functional groups attached to an aromatic ring is 1. The number of aromatic nitrogens is 2. The Kier molecular flexibility index (Phi) is 11.3. The third-order valence-corrected chi connectivity index (χ3v) is 4.59. The fraction of sp³-hybridized carbons (Fsp3) is 0.320. The number of pyridine rings is 2. The van der Waals surface area contributed by atoms with E-state index in [1.54, 1.807) is 6.07 Å². The van der Waals surface area contributed by atoms with Crippen LogP contribution in [0, 0.1) is 6.92 Å². The molecule has 0 saturated heterocycles. The average Bonchev–Trinajstić information content (AvgIpc) is 2.82. The van der Waals surface area contributed by atoms with E-state index in [4.69, 9.17) is 5.73 Å². The molecule has 32 heavy (non-hydrogen) atoms. The smallest absolute Gasteiger partial charge is 0.252 e. The third kappa shape index (κ3) is 9.57. The van der Waals surface area contributed by atoms with Crippen LogP contribution in [0.2, 0.25) is 0 Å². The number of nitrogens with two attached hydrogens (primary N) is 1. The molecule has 0 aliphatic rings. The van der Waals surface area contributed by atoms with Gasteiger partial charge in [0.15, 0.2) is 0 Å². The number of carbonyl (C=O) groups excluding carboxylic acids is 1. The average molecular weight is 443 g/mol. The Morgan fingerprint density at radius 1 is 1.00 bits per heavy atom. The van der Waals surface area contributed by atoms with Gasteiger partial charge >= 0.3 is 0 Å². The van der Waals surface area contributed by atoms with E-state index in [9.17, 15) is 4.79 Å². The maximum Gasteiger partial charge on any atom is 0.252 e. The Balaban J connectivity index is -0.000000957. The van der Waals surface area contributed by atoms with Crippen molar-refractivity contribution in [1.82, 2.24) is 20.6 Å². The highest BCUT2D eigenvalue weighted by Gasteiger charge is 2.08. The van der Waals surface area contributed by atoms with E-state index >= 15 is 0 Å². The van der Waals surface area contributed by atoms with Gasteiger partial charge in [0.1, 0.15) is 5.82 Å². The van der Waals surface area contributed by atoms with E-state index < -0.39 is 0 Å². The van der Waals surface area contributed by atoms with Crippen molar-refractivity contribution in [2.45, 2.75) is 26.7 Å². The lowest BCUT2D eigenvalue weighted by molar-refractivity contribution is 0.0955. The molecule has 7 nitrogen and oxygen atoms in total. The molecule has 0 fully saturated rings. The molecule has 0 spiro atoms. The van der Waals surface area contributed by atoms with Gasteiger partial charge in [-0.2, -0.15) is 0 Å². The van der Waals surface area contributed by atoms with Crippen LogP contribution in [0.25, 0.3) is 0 Å². The van der Waals surface area contributed by atoms with Crippen molar-refractivity contribution >= 4 is 17.4 Å². The van der Waals surface area contributed by atoms with Gasteiger partial charge in [-0.25, -0.2) is 4.98 Å². The van der Waals surface area contributed by atoms with Crippen LogP contribution in [0.15, 0.2) is 67.0 Å². The number of nitrogens with zero attached hydrogens (tertiary/aromatic N) is 2. The lowest BCUT2D eigenvalue weighted by Crippen LogP contribution is -2.23. The number of aryl methyl sites for hydroxylation is 1. The topological polar surface area (TPSA) is 105 Å². The van der Waals surface area contributed by atoms with Gasteiger partial charge in [0.25, 0.3) is 5.91 Å². The lowest BCUT2D eigenvalue weighted by atomic mass is 10.2. The van der Waals surface area contributed by atoms with Crippen LogP contribution in [-0.4, -0.2) is 42.1 Å². The summed E-state index contributed by atoms with van der Waals surface area (Å²) < 4.78 is 0. The van der Waals surface area contributed by atoms with Crippen LogP contribution in [0.5, 0.6) is 0 Å². The minimum atomic E-state index is -0.143. The van der Waals surface area contributed by atoms with Gasteiger partial charge in [-0.1, -0.05) is 42.5 Å². The van der Waals surface area contributed by atoms with Crippen LogP contribution in [-0.2, 0) is 6.42 Å². The maximum absolute atomic E-state index is 11.9. The molecule has 0 unspecified atom stereocenters. The van der Waals surface area contributed by atoms with Gasteiger partial charge in [-0.15, -0.1) is 0 Å². The predicted molar refractivity (Wildman–Crippen MR) is 140 cm³/mol. The Labute approximate surface area is 196 Å². The van der Waals surface area contributed by atoms with Crippen LogP contribution in [0.1, 0.15) is 40.7 Å². The first kappa shape index (κ1) is 24.8. The molecule has 0 saturated carbocycles. The van der Waals surface area contributed by atoms with Crippen molar-refractivity contribution in [3.8, 4) is 0 Å². The number of anilines is 2. The van der Waals surface area contributed by atoms with Crippen molar-refractivity contribution in [3.63, 3.8) is 0 Å². The molecule has 0 bridgehead atoms. The second-order valence-electron chi connectivity index (χ2n) is 7.26. The fourth-order valence-corrected chi connectivity index (χ4v) is 2.83. The molecular weight excluding hydrogens is 400 g/mol. The Hall–Kier alpha value is -3.45. The summed E-state index contributed by atoms with van der Waals surface area (Å²) in [5, 5.41) is 9.42. The van der Waals surface area contributed by atoms with Gasteiger partial charge in [0.2, 0.25) is 0 Å². The summed E-state index contributed by atoms with van der Waals surface area (Å²) in [5.74, 6) is 0.258. The van der Waals surface area contributed by atoms with Gasteiger partial charge in [-0.05, 0) is 57.5 Å². The molecule has 0 aliphatic carbocycles. The quantitative estimate of drug-likeness (QED) is 0.346. The number of benzene rings is 1. The number of hydrogen-bond donors (Lipinski definition) is 4. The van der Waals surface area contributed by atoms with Crippen LogP contribution in [0.4, 0.5) is 11.5 Å². The molecule has 3 rings (SSSR count). The first-order chi connectivity index (χ1) is 15.6. The molecule has 0 aliphatic heterocycles. The molecule has 1 amide bonds. The van der Waals surface area contributed by atoms with Gasteiger partial charge in [0.05, 0.1) is 11.3 Å². The van der Waals surface area contributed by atoms with Crippen molar-refractivity contribution in [3.05, 3.63) is 83.8 Å². The van der Waals surface area contributed by atoms with E-state index in [1.165, 1.54) is 11.8 Å². The zero-order valence-corrected chi connectivity index (χ0v) is 19.0. The maximum atomic E-state index is 11.9. The standard InChI is InChI=1S/C19H28N6O.C6H6.4H2/c1-3-22-19(26)16-11-17(18(20)25-13-16)23-9-4-8-21-10-7-15-6-5-14(2)24-12-15;1-2-4-6-5-3-1;;;;/h5-6,11-13,21,23H,3-4,7-10H2,1-2H3,(H2,20,25)(H,22,26);1-6H;4*1H. The predicted octanol–water partition coefficient (Wildman–Crippen LogP) is 4.42. The molecule has 3 aromatic rings. The minimum absolute atomic E-state index is 0.